The highest BCUT2D eigenvalue weighted by Gasteiger charge is 2.20. The standard InChI is InChI=1S/C20H23ClFN3O/c21-17-2-1-3-19(14-17)24-10-12-25(13-11-24)20(26)15-23-9-8-16-4-6-18(22)7-5-16/h1-7,14,23H,8-13,15H2. The number of piperazine rings is 1. The first-order valence-electron chi connectivity index (χ1n) is 8.85. The van der Waals surface area contributed by atoms with E-state index in [-0.39, 0.29) is 11.7 Å². The highest BCUT2D eigenvalue weighted by Crippen LogP contribution is 2.20. The molecule has 26 heavy (non-hydrogen) atoms. The first-order valence-corrected chi connectivity index (χ1v) is 9.23. The van der Waals surface area contributed by atoms with Crippen LogP contribution < -0.4 is 10.2 Å². The minimum absolute atomic E-state index is 0.120. The van der Waals surface area contributed by atoms with E-state index in [1.54, 1.807) is 12.1 Å². The molecule has 0 aliphatic carbocycles. The lowest BCUT2D eigenvalue weighted by atomic mass is 10.1. The molecule has 3 rings (SSSR count). The third-order valence-electron chi connectivity index (χ3n) is 4.59. The summed E-state index contributed by atoms with van der Waals surface area (Å²) in [5, 5.41) is 3.91. The molecular formula is C20H23ClFN3O. The van der Waals surface area contributed by atoms with Crippen LogP contribution in [0, 0.1) is 5.82 Å². The Kier molecular flexibility index (Phi) is 6.47. The number of benzene rings is 2. The van der Waals surface area contributed by atoms with E-state index >= 15 is 0 Å². The molecule has 138 valence electrons. The number of nitrogens with zero attached hydrogens (tertiary/aromatic N) is 2. The second kappa shape index (κ2) is 9.01. The Morgan fingerprint density at radius 3 is 2.50 bits per heavy atom. The van der Waals surface area contributed by atoms with Crippen LogP contribution in [-0.4, -0.2) is 50.1 Å². The molecule has 0 aromatic heterocycles. The van der Waals surface area contributed by atoms with Gasteiger partial charge in [0.15, 0.2) is 0 Å². The minimum Gasteiger partial charge on any atom is -0.368 e. The van der Waals surface area contributed by atoms with Gasteiger partial charge in [0.1, 0.15) is 5.82 Å². The quantitative estimate of drug-likeness (QED) is 0.788. The predicted octanol–water partition coefficient (Wildman–Crippen LogP) is 2.96. The maximum absolute atomic E-state index is 12.9. The Balaban J connectivity index is 1.37. The summed E-state index contributed by atoms with van der Waals surface area (Å²) in [6.45, 7) is 4.07. The van der Waals surface area contributed by atoms with Crippen LogP contribution in [0.25, 0.3) is 0 Å². The van der Waals surface area contributed by atoms with E-state index in [0.29, 0.717) is 26.2 Å². The van der Waals surface area contributed by atoms with Gasteiger partial charge in [0.05, 0.1) is 6.54 Å². The number of halogens is 2. The summed E-state index contributed by atoms with van der Waals surface area (Å²) in [6, 6.07) is 14.3. The number of hydrogen-bond donors (Lipinski definition) is 1. The lowest BCUT2D eigenvalue weighted by Crippen LogP contribution is -2.51. The predicted molar refractivity (Wildman–Crippen MR) is 103 cm³/mol. The van der Waals surface area contributed by atoms with E-state index in [1.165, 1.54) is 12.1 Å². The molecule has 1 fully saturated rings. The van der Waals surface area contributed by atoms with Gasteiger partial charge in [-0.2, -0.15) is 0 Å². The topological polar surface area (TPSA) is 35.6 Å². The average molecular weight is 376 g/mol. The number of rotatable bonds is 6. The molecule has 1 N–H and O–H groups in total. The Labute approximate surface area is 158 Å². The van der Waals surface area contributed by atoms with Gasteiger partial charge in [0.2, 0.25) is 5.91 Å². The number of nitrogens with one attached hydrogen (secondary N) is 1. The van der Waals surface area contributed by atoms with Crippen molar-refractivity contribution in [3.05, 3.63) is 64.9 Å². The zero-order valence-corrected chi connectivity index (χ0v) is 15.4. The van der Waals surface area contributed by atoms with Crippen LogP contribution in [0.2, 0.25) is 5.02 Å². The summed E-state index contributed by atoms with van der Waals surface area (Å²) < 4.78 is 12.9. The number of amides is 1. The fourth-order valence-electron chi connectivity index (χ4n) is 3.08. The van der Waals surface area contributed by atoms with Crippen molar-refractivity contribution in [1.29, 1.82) is 0 Å². The molecule has 0 saturated carbocycles. The second-order valence-electron chi connectivity index (χ2n) is 6.40. The van der Waals surface area contributed by atoms with E-state index in [1.807, 2.05) is 29.2 Å². The fourth-order valence-corrected chi connectivity index (χ4v) is 3.26. The molecule has 0 atom stereocenters. The van der Waals surface area contributed by atoms with Gasteiger partial charge in [0.25, 0.3) is 0 Å². The summed E-state index contributed by atoms with van der Waals surface area (Å²) >= 11 is 6.05. The molecular weight excluding hydrogens is 353 g/mol. The Hall–Kier alpha value is -2.11. The van der Waals surface area contributed by atoms with Gasteiger partial charge in [-0.15, -0.1) is 0 Å². The maximum atomic E-state index is 12.9. The molecule has 2 aromatic carbocycles. The number of hydrogen-bond acceptors (Lipinski definition) is 3. The SMILES string of the molecule is O=C(CNCCc1ccc(F)cc1)N1CCN(c2cccc(Cl)c2)CC1. The molecule has 1 heterocycles. The van der Waals surface area contributed by atoms with Crippen LogP contribution in [0.5, 0.6) is 0 Å². The fraction of sp³-hybridized carbons (Fsp3) is 0.350. The van der Waals surface area contributed by atoms with Crippen LogP contribution >= 0.6 is 11.6 Å². The summed E-state index contributed by atoms with van der Waals surface area (Å²) in [4.78, 5) is 16.5. The van der Waals surface area contributed by atoms with Gasteiger partial charge in [-0.25, -0.2) is 4.39 Å². The van der Waals surface area contributed by atoms with E-state index in [4.69, 9.17) is 11.6 Å². The van der Waals surface area contributed by atoms with E-state index in [2.05, 4.69) is 10.2 Å². The second-order valence-corrected chi connectivity index (χ2v) is 6.84. The van der Waals surface area contributed by atoms with Crippen LogP contribution in [0.3, 0.4) is 0 Å². The van der Waals surface area contributed by atoms with Crippen molar-refractivity contribution in [2.45, 2.75) is 6.42 Å². The molecule has 1 aliphatic heterocycles. The van der Waals surface area contributed by atoms with Crippen molar-refractivity contribution in [2.75, 3.05) is 44.2 Å². The number of carbonyl (C=O) groups is 1. The molecule has 6 heteroatoms. The van der Waals surface area contributed by atoms with Gasteiger partial charge in [0, 0.05) is 36.9 Å². The first kappa shape index (κ1) is 18.7. The first-order chi connectivity index (χ1) is 12.6. The molecule has 1 amide bonds. The third kappa shape index (κ3) is 5.19. The van der Waals surface area contributed by atoms with Gasteiger partial charge < -0.3 is 15.1 Å². The van der Waals surface area contributed by atoms with E-state index < -0.39 is 0 Å². The molecule has 0 unspecified atom stereocenters. The van der Waals surface area contributed by atoms with Crippen LogP contribution in [0.4, 0.5) is 10.1 Å². The molecule has 4 nitrogen and oxygen atoms in total. The van der Waals surface area contributed by atoms with Crippen molar-refractivity contribution >= 4 is 23.2 Å². The molecule has 2 aromatic rings. The zero-order chi connectivity index (χ0) is 18.4. The maximum Gasteiger partial charge on any atom is 0.236 e. The summed E-state index contributed by atoms with van der Waals surface area (Å²) in [5.41, 5.74) is 2.16. The van der Waals surface area contributed by atoms with Gasteiger partial charge >= 0.3 is 0 Å². The largest absolute Gasteiger partial charge is 0.368 e. The molecule has 1 saturated heterocycles. The normalized spacial score (nSPS) is 14.5. The lowest BCUT2D eigenvalue weighted by molar-refractivity contribution is -0.130. The van der Waals surface area contributed by atoms with Crippen LogP contribution in [-0.2, 0) is 11.2 Å². The average Bonchev–Trinajstić information content (AvgIpc) is 2.66. The Morgan fingerprint density at radius 1 is 1.08 bits per heavy atom. The third-order valence-corrected chi connectivity index (χ3v) is 4.82. The number of anilines is 1. The van der Waals surface area contributed by atoms with E-state index in [9.17, 15) is 9.18 Å². The van der Waals surface area contributed by atoms with Gasteiger partial charge in [-0.1, -0.05) is 29.8 Å². The molecule has 0 radical (unpaired) electrons. The smallest absolute Gasteiger partial charge is 0.236 e. The van der Waals surface area contributed by atoms with Crippen molar-refractivity contribution in [1.82, 2.24) is 10.2 Å². The summed E-state index contributed by atoms with van der Waals surface area (Å²) in [7, 11) is 0. The van der Waals surface area contributed by atoms with Crippen molar-refractivity contribution in [3.8, 4) is 0 Å². The highest BCUT2D eigenvalue weighted by molar-refractivity contribution is 6.30. The lowest BCUT2D eigenvalue weighted by Gasteiger charge is -2.36. The monoisotopic (exact) mass is 375 g/mol. The van der Waals surface area contributed by atoms with Crippen molar-refractivity contribution in [3.63, 3.8) is 0 Å². The Morgan fingerprint density at radius 2 is 1.81 bits per heavy atom. The van der Waals surface area contributed by atoms with E-state index in [0.717, 1.165) is 35.8 Å². The number of carbonyl (C=O) groups excluding carboxylic acids is 1. The van der Waals surface area contributed by atoms with Crippen molar-refractivity contribution < 1.29 is 9.18 Å². The van der Waals surface area contributed by atoms with Crippen LogP contribution in [0.15, 0.2) is 48.5 Å². The minimum atomic E-state index is -0.228. The Bertz CT molecular complexity index is 730. The van der Waals surface area contributed by atoms with Gasteiger partial charge in [-0.3, -0.25) is 4.79 Å². The zero-order valence-electron chi connectivity index (χ0n) is 14.6. The van der Waals surface area contributed by atoms with Crippen molar-refractivity contribution in [2.24, 2.45) is 0 Å². The molecule has 0 spiro atoms. The molecule has 1 aliphatic rings. The summed E-state index contributed by atoms with van der Waals surface area (Å²) in [5.74, 6) is -0.108. The van der Waals surface area contributed by atoms with Crippen LogP contribution in [0.1, 0.15) is 5.56 Å². The van der Waals surface area contributed by atoms with Gasteiger partial charge in [-0.05, 0) is 48.9 Å². The molecule has 0 bridgehead atoms. The summed E-state index contributed by atoms with van der Waals surface area (Å²) in [6.07, 6.45) is 0.774. The highest BCUT2D eigenvalue weighted by atomic mass is 35.5.